The van der Waals surface area contributed by atoms with Crippen LogP contribution >= 0.6 is 12.4 Å². The van der Waals surface area contributed by atoms with Gasteiger partial charge in [-0.25, -0.2) is 4.79 Å². The number of benzene rings is 1. The number of nitrogens with one attached hydrogen (secondary N) is 1. The number of carbonyl (C=O) groups excluding carboxylic acids is 1. The van der Waals surface area contributed by atoms with Gasteiger partial charge in [-0.1, -0.05) is 12.1 Å². The molecule has 1 aliphatic rings. The Balaban J connectivity index is 0.00000200. The van der Waals surface area contributed by atoms with Crippen molar-refractivity contribution in [2.45, 2.75) is 25.4 Å². The van der Waals surface area contributed by atoms with Gasteiger partial charge in [-0.3, -0.25) is 4.90 Å². The summed E-state index contributed by atoms with van der Waals surface area (Å²) in [4.78, 5) is 13.9. The van der Waals surface area contributed by atoms with Gasteiger partial charge >= 0.3 is 5.97 Å². The molecule has 0 aliphatic carbocycles. The summed E-state index contributed by atoms with van der Waals surface area (Å²) in [6.45, 7) is 3.09. The largest absolute Gasteiger partial charge is 0.465 e. The molecular formula is C15H23ClN2O2. The van der Waals surface area contributed by atoms with Gasteiger partial charge in [0.25, 0.3) is 0 Å². The van der Waals surface area contributed by atoms with Gasteiger partial charge in [0.05, 0.1) is 12.7 Å². The van der Waals surface area contributed by atoms with Crippen LogP contribution in [0.25, 0.3) is 0 Å². The number of halogens is 1. The Bertz CT molecular complexity index is 440. The van der Waals surface area contributed by atoms with E-state index in [0.29, 0.717) is 11.6 Å². The van der Waals surface area contributed by atoms with Crippen LogP contribution in [0.1, 0.15) is 28.8 Å². The lowest BCUT2D eigenvalue weighted by atomic mass is 10.0. The highest BCUT2D eigenvalue weighted by atomic mass is 35.5. The van der Waals surface area contributed by atoms with Crippen molar-refractivity contribution in [3.63, 3.8) is 0 Å². The third-order valence-electron chi connectivity index (χ3n) is 3.67. The van der Waals surface area contributed by atoms with Gasteiger partial charge in [0.2, 0.25) is 0 Å². The van der Waals surface area contributed by atoms with Gasteiger partial charge in [0.15, 0.2) is 0 Å². The van der Waals surface area contributed by atoms with E-state index in [1.54, 1.807) is 6.07 Å². The van der Waals surface area contributed by atoms with Crippen LogP contribution in [0.3, 0.4) is 0 Å². The van der Waals surface area contributed by atoms with E-state index in [2.05, 4.69) is 16.3 Å². The smallest absolute Gasteiger partial charge is 0.337 e. The van der Waals surface area contributed by atoms with Crippen molar-refractivity contribution in [3.05, 3.63) is 35.4 Å². The van der Waals surface area contributed by atoms with Crippen LogP contribution in [0.2, 0.25) is 0 Å². The first-order chi connectivity index (χ1) is 9.22. The summed E-state index contributed by atoms with van der Waals surface area (Å²) >= 11 is 0. The molecule has 1 saturated heterocycles. The molecule has 0 saturated carbocycles. The SMILES string of the molecule is CNC1CCCN(Cc2cccc(C(=O)OC)c2)C1.Cl. The molecule has 1 unspecified atom stereocenters. The van der Waals surface area contributed by atoms with Gasteiger partial charge in [-0.05, 0) is 44.1 Å². The maximum atomic E-state index is 11.5. The Kier molecular flexibility index (Phi) is 6.99. The Morgan fingerprint density at radius 2 is 2.30 bits per heavy atom. The van der Waals surface area contributed by atoms with Crippen molar-refractivity contribution in [2.75, 3.05) is 27.2 Å². The van der Waals surface area contributed by atoms with Gasteiger partial charge in [0, 0.05) is 19.1 Å². The molecule has 0 amide bonds. The molecule has 1 aromatic rings. The number of likely N-dealkylation sites (N-methyl/N-ethyl adjacent to an activating group) is 1. The zero-order valence-electron chi connectivity index (χ0n) is 12.1. The van der Waals surface area contributed by atoms with Crippen molar-refractivity contribution >= 4 is 18.4 Å². The Morgan fingerprint density at radius 1 is 1.50 bits per heavy atom. The highest BCUT2D eigenvalue weighted by molar-refractivity contribution is 5.89. The molecule has 0 radical (unpaired) electrons. The number of carbonyl (C=O) groups is 1. The fourth-order valence-electron chi connectivity index (χ4n) is 2.61. The monoisotopic (exact) mass is 298 g/mol. The molecule has 4 nitrogen and oxygen atoms in total. The highest BCUT2D eigenvalue weighted by Crippen LogP contribution is 2.15. The minimum absolute atomic E-state index is 0. The molecule has 0 bridgehead atoms. The van der Waals surface area contributed by atoms with Gasteiger partial charge in [-0.15, -0.1) is 12.4 Å². The molecule has 1 aliphatic heterocycles. The number of likely N-dealkylation sites (tertiary alicyclic amines) is 1. The van der Waals surface area contributed by atoms with E-state index in [1.165, 1.54) is 25.5 Å². The Labute approximate surface area is 126 Å². The lowest BCUT2D eigenvalue weighted by Gasteiger charge is -2.32. The van der Waals surface area contributed by atoms with Gasteiger partial charge < -0.3 is 10.1 Å². The van der Waals surface area contributed by atoms with Gasteiger partial charge in [-0.2, -0.15) is 0 Å². The van der Waals surface area contributed by atoms with Crippen LogP contribution < -0.4 is 5.32 Å². The average Bonchev–Trinajstić information content (AvgIpc) is 2.47. The maximum absolute atomic E-state index is 11.5. The number of nitrogens with zero attached hydrogens (tertiary/aromatic N) is 1. The van der Waals surface area contributed by atoms with Crippen molar-refractivity contribution in [3.8, 4) is 0 Å². The third kappa shape index (κ3) is 4.47. The van der Waals surface area contributed by atoms with E-state index < -0.39 is 0 Å². The van der Waals surface area contributed by atoms with Crippen molar-refractivity contribution in [1.82, 2.24) is 10.2 Å². The Morgan fingerprint density at radius 3 is 3.00 bits per heavy atom. The molecule has 1 N–H and O–H groups in total. The molecule has 0 spiro atoms. The number of hydrogen-bond acceptors (Lipinski definition) is 4. The number of esters is 1. The van der Waals surface area contributed by atoms with E-state index in [-0.39, 0.29) is 18.4 Å². The van der Waals surface area contributed by atoms with Crippen LogP contribution in [0.5, 0.6) is 0 Å². The summed E-state index contributed by atoms with van der Waals surface area (Å²) < 4.78 is 4.75. The minimum Gasteiger partial charge on any atom is -0.465 e. The summed E-state index contributed by atoms with van der Waals surface area (Å²) in [7, 11) is 3.43. The first kappa shape index (κ1) is 17.0. The quantitative estimate of drug-likeness (QED) is 0.864. The second-order valence-electron chi connectivity index (χ2n) is 5.05. The van der Waals surface area contributed by atoms with Crippen LogP contribution in [0, 0.1) is 0 Å². The standard InChI is InChI=1S/C15H22N2O2.ClH/c1-16-14-7-4-8-17(11-14)10-12-5-3-6-13(9-12)15(18)19-2;/h3,5-6,9,14,16H,4,7-8,10-11H2,1-2H3;1H. The second kappa shape index (κ2) is 8.25. The molecule has 20 heavy (non-hydrogen) atoms. The van der Waals surface area contributed by atoms with Crippen LogP contribution in [0.15, 0.2) is 24.3 Å². The lowest BCUT2D eigenvalue weighted by molar-refractivity contribution is 0.0600. The van der Waals surface area contributed by atoms with Crippen molar-refractivity contribution in [2.24, 2.45) is 0 Å². The number of rotatable bonds is 4. The zero-order valence-corrected chi connectivity index (χ0v) is 12.9. The number of hydrogen-bond donors (Lipinski definition) is 1. The van der Waals surface area contributed by atoms with E-state index in [0.717, 1.165) is 19.6 Å². The fraction of sp³-hybridized carbons (Fsp3) is 0.533. The predicted molar refractivity (Wildman–Crippen MR) is 82.4 cm³/mol. The average molecular weight is 299 g/mol. The summed E-state index contributed by atoms with van der Waals surface area (Å²) in [5, 5.41) is 3.34. The molecule has 1 atom stereocenters. The van der Waals surface area contributed by atoms with Crippen LogP contribution in [-0.2, 0) is 11.3 Å². The molecule has 5 heteroatoms. The summed E-state index contributed by atoms with van der Waals surface area (Å²) in [5.74, 6) is -0.270. The van der Waals surface area contributed by atoms with E-state index in [9.17, 15) is 4.79 Å². The molecular weight excluding hydrogens is 276 g/mol. The second-order valence-corrected chi connectivity index (χ2v) is 5.05. The van der Waals surface area contributed by atoms with Crippen molar-refractivity contribution in [1.29, 1.82) is 0 Å². The zero-order chi connectivity index (χ0) is 13.7. The van der Waals surface area contributed by atoms with E-state index in [4.69, 9.17) is 4.74 Å². The first-order valence-electron chi connectivity index (χ1n) is 6.80. The van der Waals surface area contributed by atoms with Crippen LogP contribution in [0.4, 0.5) is 0 Å². The van der Waals surface area contributed by atoms with Gasteiger partial charge in [0.1, 0.15) is 0 Å². The highest BCUT2D eigenvalue weighted by Gasteiger charge is 2.18. The normalized spacial score (nSPS) is 19.2. The number of piperidine rings is 1. The fourth-order valence-corrected chi connectivity index (χ4v) is 2.61. The molecule has 2 rings (SSSR count). The molecule has 1 aromatic carbocycles. The number of methoxy groups -OCH3 is 1. The first-order valence-corrected chi connectivity index (χ1v) is 6.80. The van der Waals surface area contributed by atoms with E-state index >= 15 is 0 Å². The molecule has 1 fully saturated rings. The third-order valence-corrected chi connectivity index (χ3v) is 3.67. The summed E-state index contributed by atoms with van der Waals surface area (Å²) in [5.41, 5.74) is 1.79. The summed E-state index contributed by atoms with van der Waals surface area (Å²) in [6.07, 6.45) is 2.47. The van der Waals surface area contributed by atoms with Crippen molar-refractivity contribution < 1.29 is 9.53 Å². The topological polar surface area (TPSA) is 41.6 Å². The molecule has 112 valence electrons. The number of ether oxygens (including phenoxy) is 1. The predicted octanol–water partition coefficient (Wildman–Crippen LogP) is 2.08. The summed E-state index contributed by atoms with van der Waals surface area (Å²) in [6, 6.07) is 8.28. The Hall–Kier alpha value is -1.10. The minimum atomic E-state index is -0.270. The lowest BCUT2D eigenvalue weighted by Crippen LogP contribution is -2.43. The molecule has 1 heterocycles. The van der Waals surface area contributed by atoms with E-state index in [1.807, 2.05) is 19.2 Å². The maximum Gasteiger partial charge on any atom is 0.337 e. The van der Waals surface area contributed by atoms with Crippen LogP contribution in [-0.4, -0.2) is 44.2 Å². The molecule has 0 aromatic heterocycles.